The SMILES string of the molecule is CCCCCC1(O)C2CCCC21. The molecule has 0 radical (unpaired) electrons. The fourth-order valence-electron chi connectivity index (χ4n) is 3.08. The van der Waals surface area contributed by atoms with Crippen LogP contribution in [0.25, 0.3) is 0 Å². The number of rotatable bonds is 4. The molecule has 0 spiro atoms. The van der Waals surface area contributed by atoms with Crippen LogP contribution in [-0.2, 0) is 0 Å². The highest BCUT2D eigenvalue weighted by atomic mass is 16.3. The lowest BCUT2D eigenvalue weighted by atomic mass is 10.0. The largest absolute Gasteiger partial charge is 0.389 e. The molecule has 0 aliphatic heterocycles. The molecule has 0 aromatic rings. The van der Waals surface area contributed by atoms with Crippen LogP contribution in [0.4, 0.5) is 0 Å². The lowest BCUT2D eigenvalue weighted by Crippen LogP contribution is -2.15. The van der Waals surface area contributed by atoms with E-state index in [1.165, 1.54) is 38.5 Å². The zero-order chi connectivity index (χ0) is 8.60. The third-order valence-electron chi connectivity index (χ3n) is 3.87. The maximum Gasteiger partial charge on any atom is 0.0711 e. The predicted molar refractivity (Wildman–Crippen MR) is 49.9 cm³/mol. The van der Waals surface area contributed by atoms with Gasteiger partial charge in [0.15, 0.2) is 0 Å². The Bertz CT molecular complexity index is 154. The Hall–Kier alpha value is -0.0400. The van der Waals surface area contributed by atoms with Crippen LogP contribution >= 0.6 is 0 Å². The summed E-state index contributed by atoms with van der Waals surface area (Å²) in [6.45, 7) is 2.22. The summed E-state index contributed by atoms with van der Waals surface area (Å²) in [4.78, 5) is 0. The Morgan fingerprint density at radius 2 is 1.92 bits per heavy atom. The molecule has 0 heterocycles. The molecule has 70 valence electrons. The second-order valence-corrected chi connectivity index (χ2v) is 4.59. The molecular formula is C11H20O. The molecule has 0 aromatic heterocycles. The van der Waals surface area contributed by atoms with E-state index in [4.69, 9.17) is 0 Å². The molecule has 12 heavy (non-hydrogen) atoms. The molecule has 0 bridgehead atoms. The molecule has 0 saturated heterocycles. The topological polar surface area (TPSA) is 20.2 Å². The van der Waals surface area contributed by atoms with E-state index in [2.05, 4.69) is 6.92 Å². The quantitative estimate of drug-likeness (QED) is 0.640. The second kappa shape index (κ2) is 3.02. The Kier molecular flexibility index (Phi) is 2.16. The van der Waals surface area contributed by atoms with Crippen molar-refractivity contribution in [3.63, 3.8) is 0 Å². The maximum atomic E-state index is 10.1. The summed E-state index contributed by atoms with van der Waals surface area (Å²) in [6, 6.07) is 0. The third-order valence-corrected chi connectivity index (χ3v) is 3.87. The van der Waals surface area contributed by atoms with Crippen molar-refractivity contribution in [2.24, 2.45) is 11.8 Å². The van der Waals surface area contributed by atoms with E-state index in [1.807, 2.05) is 0 Å². The zero-order valence-electron chi connectivity index (χ0n) is 8.05. The Balaban J connectivity index is 1.74. The minimum absolute atomic E-state index is 0.187. The average Bonchev–Trinajstić information content (AvgIpc) is 2.54. The molecule has 0 aromatic carbocycles. The average molecular weight is 168 g/mol. The molecule has 2 saturated carbocycles. The van der Waals surface area contributed by atoms with Crippen molar-refractivity contribution in [3.05, 3.63) is 0 Å². The summed E-state index contributed by atoms with van der Waals surface area (Å²) in [5.74, 6) is 1.41. The summed E-state index contributed by atoms with van der Waals surface area (Å²) in [5.41, 5.74) is -0.187. The summed E-state index contributed by atoms with van der Waals surface area (Å²) >= 11 is 0. The van der Waals surface area contributed by atoms with Crippen LogP contribution in [0.1, 0.15) is 51.9 Å². The first-order valence-electron chi connectivity index (χ1n) is 5.51. The molecule has 1 nitrogen and oxygen atoms in total. The van der Waals surface area contributed by atoms with E-state index in [0.29, 0.717) is 11.8 Å². The van der Waals surface area contributed by atoms with Crippen LogP contribution in [-0.4, -0.2) is 10.7 Å². The van der Waals surface area contributed by atoms with Crippen molar-refractivity contribution in [1.29, 1.82) is 0 Å². The van der Waals surface area contributed by atoms with Gasteiger partial charge >= 0.3 is 0 Å². The van der Waals surface area contributed by atoms with Gasteiger partial charge in [-0.05, 0) is 31.1 Å². The first kappa shape index (κ1) is 8.55. The second-order valence-electron chi connectivity index (χ2n) is 4.59. The molecule has 2 aliphatic carbocycles. The van der Waals surface area contributed by atoms with Crippen molar-refractivity contribution in [1.82, 2.24) is 0 Å². The third kappa shape index (κ3) is 1.19. The monoisotopic (exact) mass is 168 g/mol. The van der Waals surface area contributed by atoms with Crippen LogP contribution in [0.5, 0.6) is 0 Å². The zero-order valence-corrected chi connectivity index (χ0v) is 8.05. The van der Waals surface area contributed by atoms with Crippen molar-refractivity contribution >= 4 is 0 Å². The van der Waals surface area contributed by atoms with E-state index in [1.54, 1.807) is 0 Å². The van der Waals surface area contributed by atoms with Gasteiger partial charge in [0.05, 0.1) is 5.60 Å². The first-order chi connectivity index (χ1) is 5.79. The number of aliphatic hydroxyl groups is 1. The fraction of sp³-hybridized carbons (Fsp3) is 1.00. The number of unbranched alkanes of at least 4 members (excludes halogenated alkanes) is 2. The van der Waals surface area contributed by atoms with Crippen molar-refractivity contribution in [2.45, 2.75) is 57.5 Å². The number of hydrogen-bond acceptors (Lipinski definition) is 1. The lowest BCUT2D eigenvalue weighted by molar-refractivity contribution is 0.0937. The van der Waals surface area contributed by atoms with Crippen LogP contribution in [0, 0.1) is 11.8 Å². The van der Waals surface area contributed by atoms with E-state index in [-0.39, 0.29) is 5.60 Å². The van der Waals surface area contributed by atoms with Gasteiger partial charge < -0.3 is 5.11 Å². The molecule has 2 atom stereocenters. The molecule has 1 heteroatoms. The highest BCUT2D eigenvalue weighted by Gasteiger charge is 2.64. The molecule has 2 unspecified atom stereocenters. The summed E-state index contributed by atoms with van der Waals surface area (Å²) in [7, 11) is 0. The van der Waals surface area contributed by atoms with Gasteiger partial charge in [-0.2, -0.15) is 0 Å². The smallest absolute Gasteiger partial charge is 0.0711 e. The Morgan fingerprint density at radius 3 is 2.50 bits per heavy atom. The molecule has 2 fully saturated rings. The van der Waals surface area contributed by atoms with Gasteiger partial charge in [0.1, 0.15) is 0 Å². The summed E-state index contributed by atoms with van der Waals surface area (Å²) < 4.78 is 0. The molecule has 2 rings (SSSR count). The van der Waals surface area contributed by atoms with E-state index >= 15 is 0 Å². The normalized spacial score (nSPS) is 44.5. The van der Waals surface area contributed by atoms with Gasteiger partial charge in [0, 0.05) is 0 Å². The maximum absolute atomic E-state index is 10.1. The fourth-order valence-corrected chi connectivity index (χ4v) is 3.08. The van der Waals surface area contributed by atoms with E-state index in [0.717, 1.165) is 6.42 Å². The van der Waals surface area contributed by atoms with E-state index in [9.17, 15) is 5.11 Å². The van der Waals surface area contributed by atoms with Gasteiger partial charge in [-0.1, -0.05) is 32.6 Å². The van der Waals surface area contributed by atoms with Crippen molar-refractivity contribution in [3.8, 4) is 0 Å². The Labute approximate surface area is 75.2 Å². The van der Waals surface area contributed by atoms with Gasteiger partial charge in [-0.25, -0.2) is 0 Å². The number of fused-ring (bicyclic) bond motifs is 1. The molecular weight excluding hydrogens is 148 g/mol. The lowest BCUT2D eigenvalue weighted by Gasteiger charge is -2.13. The highest BCUT2D eigenvalue weighted by Crippen LogP contribution is 2.62. The first-order valence-corrected chi connectivity index (χ1v) is 5.51. The molecule has 0 amide bonds. The van der Waals surface area contributed by atoms with Gasteiger partial charge in [-0.3, -0.25) is 0 Å². The summed E-state index contributed by atoms with van der Waals surface area (Å²) in [5, 5.41) is 10.1. The van der Waals surface area contributed by atoms with Crippen LogP contribution in [0.3, 0.4) is 0 Å². The van der Waals surface area contributed by atoms with Gasteiger partial charge in [0.25, 0.3) is 0 Å². The minimum Gasteiger partial charge on any atom is -0.389 e. The molecule has 2 aliphatic rings. The van der Waals surface area contributed by atoms with Crippen molar-refractivity contribution < 1.29 is 5.11 Å². The minimum atomic E-state index is -0.187. The highest BCUT2D eigenvalue weighted by molar-refractivity contribution is 5.14. The van der Waals surface area contributed by atoms with Crippen LogP contribution in [0.15, 0.2) is 0 Å². The van der Waals surface area contributed by atoms with Crippen LogP contribution in [0.2, 0.25) is 0 Å². The van der Waals surface area contributed by atoms with Crippen LogP contribution < -0.4 is 0 Å². The predicted octanol–water partition coefficient (Wildman–Crippen LogP) is 2.73. The van der Waals surface area contributed by atoms with Gasteiger partial charge in [0.2, 0.25) is 0 Å². The summed E-state index contributed by atoms with van der Waals surface area (Å²) in [6.07, 6.45) is 8.84. The standard InChI is InChI=1S/C11H20O/c1-2-3-4-8-11(12)9-6-5-7-10(9)11/h9-10,12H,2-8H2,1H3. The molecule has 1 N–H and O–H groups in total. The van der Waals surface area contributed by atoms with Crippen molar-refractivity contribution in [2.75, 3.05) is 0 Å². The Morgan fingerprint density at radius 1 is 1.25 bits per heavy atom. The van der Waals surface area contributed by atoms with Gasteiger partial charge in [-0.15, -0.1) is 0 Å². The number of hydrogen-bond donors (Lipinski definition) is 1. The van der Waals surface area contributed by atoms with E-state index < -0.39 is 0 Å².